The van der Waals surface area contributed by atoms with Gasteiger partial charge in [-0.1, -0.05) is 17.7 Å². The number of aliphatic imine (C=N–C) groups is 1. The molecule has 8 nitrogen and oxygen atoms in total. The van der Waals surface area contributed by atoms with Crippen LogP contribution in [-0.4, -0.2) is 26.7 Å². The summed E-state index contributed by atoms with van der Waals surface area (Å²) in [6.45, 7) is 0. The van der Waals surface area contributed by atoms with Crippen molar-refractivity contribution in [1.29, 1.82) is 0 Å². The number of hydrogen-bond donors (Lipinski definition) is 0. The third kappa shape index (κ3) is 2.06. The van der Waals surface area contributed by atoms with Crippen molar-refractivity contribution in [3.8, 4) is 0 Å². The molecule has 0 amide bonds. The van der Waals surface area contributed by atoms with Gasteiger partial charge in [-0.15, -0.1) is 0 Å². The van der Waals surface area contributed by atoms with E-state index in [1.807, 2.05) is 0 Å². The van der Waals surface area contributed by atoms with Crippen LogP contribution in [0.5, 0.6) is 0 Å². The summed E-state index contributed by atoms with van der Waals surface area (Å²) in [7, 11) is 0. The fourth-order valence-electron chi connectivity index (χ4n) is 1.51. The zero-order valence-corrected chi connectivity index (χ0v) is 10.1. The molecule has 1 aromatic heterocycles. The molecule has 0 aromatic carbocycles. The monoisotopic (exact) mass is 282 g/mol. The Labute approximate surface area is 111 Å². The minimum Gasteiger partial charge on any atom is -0.258 e. The summed E-state index contributed by atoms with van der Waals surface area (Å²) in [4.78, 5) is 25.8. The standard InChI is InChI=1S/C10H7ClN4O4/c11-10(8-3-1-2-6-12-8)5-4-9(7-13-10,14(16)17)15(18)19/h1-7H. The quantitative estimate of drug-likeness (QED) is 0.207. The number of halogens is 1. The first-order valence-electron chi connectivity index (χ1n) is 5.07. The zero-order valence-electron chi connectivity index (χ0n) is 9.34. The second-order valence-corrected chi connectivity index (χ2v) is 4.35. The van der Waals surface area contributed by atoms with Gasteiger partial charge in [0.15, 0.2) is 11.2 Å². The molecule has 1 aliphatic rings. The summed E-state index contributed by atoms with van der Waals surface area (Å²) in [5.41, 5.74) is -2.25. The highest BCUT2D eigenvalue weighted by Crippen LogP contribution is 2.35. The van der Waals surface area contributed by atoms with E-state index in [0.29, 0.717) is 11.9 Å². The molecule has 1 aliphatic heterocycles. The molecule has 1 aromatic rings. The molecule has 0 spiro atoms. The number of dihydropyridines is 1. The van der Waals surface area contributed by atoms with E-state index in [0.717, 1.165) is 12.2 Å². The van der Waals surface area contributed by atoms with E-state index < -0.39 is 20.5 Å². The number of pyridine rings is 1. The molecule has 0 fully saturated rings. The molecular formula is C10H7ClN4O4. The lowest BCUT2D eigenvalue weighted by Gasteiger charge is -2.22. The largest absolute Gasteiger partial charge is 0.513 e. The van der Waals surface area contributed by atoms with Gasteiger partial charge in [0.2, 0.25) is 0 Å². The van der Waals surface area contributed by atoms with E-state index in [-0.39, 0.29) is 0 Å². The molecule has 0 radical (unpaired) electrons. The second-order valence-electron chi connectivity index (χ2n) is 3.78. The highest BCUT2D eigenvalue weighted by molar-refractivity contribution is 6.25. The number of rotatable bonds is 3. The van der Waals surface area contributed by atoms with Crippen LogP contribution >= 0.6 is 11.6 Å². The Morgan fingerprint density at radius 1 is 1.16 bits per heavy atom. The van der Waals surface area contributed by atoms with Crippen LogP contribution in [0.4, 0.5) is 0 Å². The van der Waals surface area contributed by atoms with Gasteiger partial charge in [0.05, 0.1) is 11.8 Å². The molecule has 9 heteroatoms. The van der Waals surface area contributed by atoms with Crippen molar-refractivity contribution < 1.29 is 9.85 Å². The van der Waals surface area contributed by atoms with Crippen molar-refractivity contribution in [3.05, 3.63) is 62.5 Å². The number of aromatic nitrogens is 1. The lowest BCUT2D eigenvalue weighted by molar-refractivity contribution is -0.755. The van der Waals surface area contributed by atoms with E-state index in [9.17, 15) is 20.2 Å². The van der Waals surface area contributed by atoms with Crippen LogP contribution in [0.15, 0.2) is 41.5 Å². The average Bonchev–Trinajstić information content (AvgIpc) is 2.40. The van der Waals surface area contributed by atoms with Crippen LogP contribution in [0.25, 0.3) is 0 Å². The topological polar surface area (TPSA) is 112 Å². The summed E-state index contributed by atoms with van der Waals surface area (Å²) >= 11 is 6.14. The minimum absolute atomic E-state index is 0.324. The maximum atomic E-state index is 10.8. The zero-order chi connectivity index (χ0) is 14.1. The number of nitrogens with zero attached hydrogens (tertiary/aromatic N) is 4. The highest BCUT2D eigenvalue weighted by atomic mass is 35.5. The molecular weight excluding hydrogens is 276 g/mol. The molecule has 98 valence electrons. The Kier molecular flexibility index (Phi) is 3.03. The maximum absolute atomic E-state index is 10.8. The van der Waals surface area contributed by atoms with E-state index in [1.54, 1.807) is 18.2 Å². The number of nitro groups is 2. The SMILES string of the molecule is O=[N+]([O-])C1([N+](=O)[O-])C=CC(Cl)(c2ccccn2)N=C1. The van der Waals surface area contributed by atoms with Crippen LogP contribution in [0.3, 0.4) is 0 Å². The maximum Gasteiger partial charge on any atom is 0.513 e. The summed E-state index contributed by atoms with van der Waals surface area (Å²) in [5, 5.41) is 21.7. The fourth-order valence-corrected chi connectivity index (χ4v) is 1.74. The van der Waals surface area contributed by atoms with Crippen molar-refractivity contribution in [2.45, 2.75) is 10.7 Å². The van der Waals surface area contributed by atoms with Crippen LogP contribution in [0.2, 0.25) is 0 Å². The third-order valence-corrected chi connectivity index (χ3v) is 3.02. The molecule has 2 heterocycles. The smallest absolute Gasteiger partial charge is 0.258 e. The highest BCUT2D eigenvalue weighted by Gasteiger charge is 2.55. The van der Waals surface area contributed by atoms with E-state index in [4.69, 9.17) is 11.6 Å². The van der Waals surface area contributed by atoms with Crippen LogP contribution in [0, 0.1) is 20.2 Å². The first-order valence-corrected chi connectivity index (χ1v) is 5.45. The Bertz CT molecular complexity index is 556. The first kappa shape index (κ1) is 13.1. The number of alkyl halides is 1. The van der Waals surface area contributed by atoms with Gasteiger partial charge in [0.1, 0.15) is 9.85 Å². The summed E-state index contributed by atoms with van der Waals surface area (Å²) in [5.74, 6) is 0. The Hall–Kier alpha value is -2.35. The molecule has 0 saturated carbocycles. The van der Waals surface area contributed by atoms with Crippen molar-refractivity contribution in [1.82, 2.24) is 4.98 Å². The Morgan fingerprint density at radius 2 is 1.84 bits per heavy atom. The van der Waals surface area contributed by atoms with E-state index in [1.165, 1.54) is 6.20 Å². The van der Waals surface area contributed by atoms with Crippen LogP contribution < -0.4 is 0 Å². The van der Waals surface area contributed by atoms with Crippen molar-refractivity contribution >= 4 is 17.8 Å². The van der Waals surface area contributed by atoms with Crippen LogP contribution in [-0.2, 0) is 5.00 Å². The van der Waals surface area contributed by atoms with Gasteiger partial charge in [-0.3, -0.25) is 25.2 Å². The molecule has 0 bridgehead atoms. The van der Waals surface area contributed by atoms with Gasteiger partial charge in [0, 0.05) is 6.20 Å². The first-order chi connectivity index (χ1) is 8.91. The number of hydrogen-bond acceptors (Lipinski definition) is 6. The van der Waals surface area contributed by atoms with Gasteiger partial charge >= 0.3 is 5.66 Å². The molecule has 0 N–H and O–H groups in total. The van der Waals surface area contributed by atoms with Crippen molar-refractivity contribution in [3.63, 3.8) is 0 Å². The molecule has 2 rings (SSSR count). The molecule has 0 aliphatic carbocycles. The van der Waals surface area contributed by atoms with Crippen LogP contribution in [0.1, 0.15) is 5.69 Å². The summed E-state index contributed by atoms with van der Waals surface area (Å²) < 4.78 is 0. The minimum atomic E-state index is -2.58. The Morgan fingerprint density at radius 3 is 2.26 bits per heavy atom. The lowest BCUT2D eigenvalue weighted by atomic mass is 10.0. The third-order valence-electron chi connectivity index (χ3n) is 2.60. The lowest BCUT2D eigenvalue weighted by Crippen LogP contribution is -2.48. The molecule has 0 saturated heterocycles. The average molecular weight is 283 g/mol. The molecule has 1 atom stereocenters. The van der Waals surface area contributed by atoms with Gasteiger partial charge in [0.25, 0.3) is 0 Å². The molecule has 19 heavy (non-hydrogen) atoms. The van der Waals surface area contributed by atoms with Gasteiger partial charge in [-0.25, -0.2) is 4.99 Å². The summed E-state index contributed by atoms with van der Waals surface area (Å²) in [6.07, 6.45) is 4.00. The Balaban J connectivity index is 2.43. The second kappa shape index (κ2) is 4.39. The van der Waals surface area contributed by atoms with Gasteiger partial charge in [-0.2, -0.15) is 0 Å². The predicted octanol–water partition coefficient (Wildman–Crippen LogP) is 1.36. The molecule has 1 unspecified atom stereocenters. The van der Waals surface area contributed by atoms with Crippen molar-refractivity contribution in [2.75, 3.05) is 0 Å². The fraction of sp³-hybridized carbons (Fsp3) is 0.200. The van der Waals surface area contributed by atoms with Gasteiger partial charge < -0.3 is 0 Å². The van der Waals surface area contributed by atoms with Gasteiger partial charge in [-0.05, 0) is 18.2 Å². The van der Waals surface area contributed by atoms with Crippen molar-refractivity contribution in [2.24, 2.45) is 4.99 Å². The predicted molar refractivity (Wildman–Crippen MR) is 66.1 cm³/mol. The normalized spacial score (nSPS) is 24.1. The van der Waals surface area contributed by atoms with E-state index >= 15 is 0 Å². The van der Waals surface area contributed by atoms with E-state index in [2.05, 4.69) is 9.98 Å². The summed E-state index contributed by atoms with van der Waals surface area (Å²) in [6, 6.07) is 4.90.